The van der Waals surface area contributed by atoms with Gasteiger partial charge < -0.3 is 0 Å². The van der Waals surface area contributed by atoms with Crippen LogP contribution in [0.5, 0.6) is 0 Å². The van der Waals surface area contributed by atoms with Crippen molar-refractivity contribution in [3.05, 3.63) is 111 Å². The molecule has 0 saturated carbocycles. The first-order valence-corrected chi connectivity index (χ1v) is 13.2. The van der Waals surface area contributed by atoms with E-state index in [1.165, 1.54) is 31.5 Å². The maximum atomic E-state index is 13.4. The molecule has 0 saturated heterocycles. The SMILES string of the molecule is Cc1c(-n2ccn3c(S(=O)(=O)Cc4ccccc4-c4ccc(Cl)cc4)nnc3c2=O)cccc1C(F)(F)F. The Labute approximate surface area is 219 Å². The van der Waals surface area contributed by atoms with Crippen LogP contribution in [0.2, 0.25) is 5.02 Å². The van der Waals surface area contributed by atoms with Crippen molar-refractivity contribution in [3.63, 3.8) is 0 Å². The van der Waals surface area contributed by atoms with Gasteiger partial charge in [-0.15, -0.1) is 10.2 Å². The summed E-state index contributed by atoms with van der Waals surface area (Å²) in [4.78, 5) is 13.2. The molecule has 3 aromatic carbocycles. The summed E-state index contributed by atoms with van der Waals surface area (Å²) in [6.45, 7) is 1.26. The summed E-state index contributed by atoms with van der Waals surface area (Å²) in [7, 11) is -4.10. The van der Waals surface area contributed by atoms with Gasteiger partial charge in [0.25, 0.3) is 5.16 Å². The van der Waals surface area contributed by atoms with Gasteiger partial charge in [-0.1, -0.05) is 54.1 Å². The normalized spacial score (nSPS) is 12.2. The molecule has 194 valence electrons. The van der Waals surface area contributed by atoms with Crippen LogP contribution in [0.1, 0.15) is 16.7 Å². The molecule has 2 aromatic heterocycles. The quantitative estimate of drug-likeness (QED) is 0.284. The number of hydrogen-bond donors (Lipinski definition) is 0. The molecule has 7 nitrogen and oxygen atoms in total. The smallest absolute Gasteiger partial charge is 0.279 e. The van der Waals surface area contributed by atoms with Crippen molar-refractivity contribution in [2.24, 2.45) is 0 Å². The topological polar surface area (TPSA) is 86.3 Å². The van der Waals surface area contributed by atoms with E-state index >= 15 is 0 Å². The van der Waals surface area contributed by atoms with Crippen LogP contribution >= 0.6 is 11.6 Å². The minimum Gasteiger partial charge on any atom is -0.279 e. The molecular weight excluding hydrogens is 541 g/mol. The van der Waals surface area contributed by atoms with E-state index in [-0.39, 0.29) is 16.9 Å². The Balaban J connectivity index is 1.56. The zero-order valence-corrected chi connectivity index (χ0v) is 21.2. The number of rotatable bonds is 5. The fourth-order valence-corrected chi connectivity index (χ4v) is 5.81. The van der Waals surface area contributed by atoms with Gasteiger partial charge in [-0.05, 0) is 53.4 Å². The van der Waals surface area contributed by atoms with Gasteiger partial charge in [0, 0.05) is 17.4 Å². The molecule has 0 fully saturated rings. The molecule has 12 heteroatoms. The van der Waals surface area contributed by atoms with Gasteiger partial charge in [-0.3, -0.25) is 13.8 Å². The molecule has 0 aliphatic rings. The van der Waals surface area contributed by atoms with Gasteiger partial charge in [0.1, 0.15) is 0 Å². The number of aromatic nitrogens is 4. The molecular formula is C26H18ClF3N4O3S. The van der Waals surface area contributed by atoms with E-state index in [2.05, 4.69) is 10.2 Å². The van der Waals surface area contributed by atoms with Crippen LogP contribution in [0.3, 0.4) is 0 Å². The summed E-state index contributed by atoms with van der Waals surface area (Å²) in [5, 5.41) is 7.62. The van der Waals surface area contributed by atoms with E-state index in [1.807, 2.05) is 0 Å². The van der Waals surface area contributed by atoms with Gasteiger partial charge in [0.15, 0.2) is 0 Å². The van der Waals surface area contributed by atoms with Gasteiger partial charge >= 0.3 is 11.7 Å². The van der Waals surface area contributed by atoms with Crippen molar-refractivity contribution in [1.82, 2.24) is 19.2 Å². The van der Waals surface area contributed by atoms with Crippen LogP contribution < -0.4 is 5.56 Å². The molecule has 5 aromatic rings. The first kappa shape index (κ1) is 25.7. The van der Waals surface area contributed by atoms with Crippen molar-refractivity contribution < 1.29 is 21.6 Å². The van der Waals surface area contributed by atoms with Crippen LogP contribution in [-0.4, -0.2) is 27.6 Å². The minimum absolute atomic E-state index is 0.00313. The third kappa shape index (κ3) is 4.59. The van der Waals surface area contributed by atoms with Crippen LogP contribution in [0.25, 0.3) is 22.5 Å². The minimum atomic E-state index is -4.60. The van der Waals surface area contributed by atoms with E-state index in [9.17, 15) is 26.4 Å². The Bertz CT molecular complexity index is 1850. The molecule has 0 radical (unpaired) electrons. The predicted octanol–water partition coefficient (Wildman–Crippen LogP) is 5.50. The lowest BCUT2D eigenvalue weighted by atomic mass is 10.0. The van der Waals surface area contributed by atoms with Crippen molar-refractivity contribution in [3.8, 4) is 16.8 Å². The molecule has 0 atom stereocenters. The Kier molecular flexibility index (Phi) is 6.36. The monoisotopic (exact) mass is 558 g/mol. The van der Waals surface area contributed by atoms with Crippen LogP contribution in [0.15, 0.2) is 89.1 Å². The van der Waals surface area contributed by atoms with Gasteiger partial charge in [-0.2, -0.15) is 13.2 Å². The first-order valence-electron chi connectivity index (χ1n) is 11.2. The van der Waals surface area contributed by atoms with Crippen LogP contribution in [-0.2, 0) is 21.8 Å². The number of halogens is 4. The highest BCUT2D eigenvalue weighted by Gasteiger charge is 2.33. The predicted molar refractivity (Wildman–Crippen MR) is 136 cm³/mol. The van der Waals surface area contributed by atoms with E-state index in [0.717, 1.165) is 20.6 Å². The summed E-state index contributed by atoms with van der Waals surface area (Å²) in [5.74, 6) is -0.428. The Morgan fingerprint density at radius 3 is 2.34 bits per heavy atom. The van der Waals surface area contributed by atoms with Crippen LogP contribution in [0, 0.1) is 6.92 Å². The highest BCUT2D eigenvalue weighted by Crippen LogP contribution is 2.34. The van der Waals surface area contributed by atoms with Crippen molar-refractivity contribution in [1.29, 1.82) is 0 Å². The molecule has 38 heavy (non-hydrogen) atoms. The second-order valence-electron chi connectivity index (χ2n) is 8.52. The second-order valence-corrected chi connectivity index (χ2v) is 10.8. The van der Waals surface area contributed by atoms with E-state index in [1.54, 1.807) is 48.5 Å². The van der Waals surface area contributed by atoms with Gasteiger partial charge in [0.05, 0.1) is 17.0 Å². The molecule has 5 rings (SSSR count). The molecule has 0 unspecified atom stereocenters. The van der Waals surface area contributed by atoms with E-state index in [0.29, 0.717) is 16.1 Å². The number of benzene rings is 3. The lowest BCUT2D eigenvalue weighted by molar-refractivity contribution is -0.138. The summed E-state index contributed by atoms with van der Waals surface area (Å²) in [6.07, 6.45) is -2.16. The molecule has 0 bridgehead atoms. The number of sulfone groups is 1. The molecule has 0 aliphatic carbocycles. The van der Waals surface area contributed by atoms with Crippen molar-refractivity contribution in [2.45, 2.75) is 24.0 Å². The highest BCUT2D eigenvalue weighted by atomic mass is 35.5. The molecule has 0 N–H and O–H groups in total. The van der Waals surface area contributed by atoms with E-state index in [4.69, 9.17) is 11.6 Å². The largest absolute Gasteiger partial charge is 0.416 e. The Morgan fingerprint density at radius 2 is 1.63 bits per heavy atom. The lowest BCUT2D eigenvalue weighted by Crippen LogP contribution is -2.22. The van der Waals surface area contributed by atoms with Gasteiger partial charge in [-0.25, -0.2) is 8.42 Å². The van der Waals surface area contributed by atoms with Gasteiger partial charge in [0.2, 0.25) is 15.5 Å². The summed E-state index contributed by atoms with van der Waals surface area (Å²) in [5.41, 5.74) is -0.242. The van der Waals surface area contributed by atoms with Crippen LogP contribution in [0.4, 0.5) is 13.2 Å². The standard InChI is InChI=1S/C26H18ClF3N4O3S/c1-16-21(26(28,29)30)7-4-8-22(16)33-13-14-34-23(24(33)35)31-32-25(34)38(36,37)15-18-5-2-3-6-20(18)17-9-11-19(27)12-10-17/h2-14H,15H2,1H3. The maximum absolute atomic E-state index is 13.4. The summed E-state index contributed by atoms with van der Waals surface area (Å²) >= 11 is 5.98. The Hall–Kier alpha value is -3.96. The fraction of sp³-hybridized carbons (Fsp3) is 0.115. The number of nitrogens with zero attached hydrogens (tertiary/aromatic N) is 4. The van der Waals surface area contributed by atoms with Crippen molar-refractivity contribution in [2.75, 3.05) is 0 Å². The molecule has 0 amide bonds. The molecule has 0 aliphatic heterocycles. The zero-order chi connectivity index (χ0) is 27.2. The average molecular weight is 559 g/mol. The van der Waals surface area contributed by atoms with E-state index < -0.39 is 38.0 Å². The third-order valence-electron chi connectivity index (χ3n) is 6.11. The summed E-state index contributed by atoms with van der Waals surface area (Å²) < 4.78 is 69.0. The second kappa shape index (κ2) is 9.41. The average Bonchev–Trinajstić information content (AvgIpc) is 3.31. The molecule has 2 heterocycles. The number of fused-ring (bicyclic) bond motifs is 1. The first-order chi connectivity index (χ1) is 18.0. The van der Waals surface area contributed by atoms with Crippen molar-refractivity contribution >= 4 is 27.1 Å². The number of alkyl halides is 3. The fourth-order valence-electron chi connectivity index (χ4n) is 4.29. The molecule has 0 spiro atoms. The summed E-state index contributed by atoms with van der Waals surface area (Å²) in [6, 6.07) is 17.4. The lowest BCUT2D eigenvalue weighted by Gasteiger charge is -2.15. The maximum Gasteiger partial charge on any atom is 0.416 e. The zero-order valence-electron chi connectivity index (χ0n) is 19.6. The number of hydrogen-bond acceptors (Lipinski definition) is 5. The highest BCUT2D eigenvalue weighted by molar-refractivity contribution is 7.90. The Morgan fingerprint density at radius 1 is 0.921 bits per heavy atom. The third-order valence-corrected chi connectivity index (χ3v) is 7.88.